The smallest absolute Gasteiger partial charge is 0.261 e. The van der Waals surface area contributed by atoms with E-state index in [2.05, 4.69) is 63.3 Å². The van der Waals surface area contributed by atoms with Crippen molar-refractivity contribution >= 4 is 51.5 Å². The largest absolute Gasteiger partial charge is 0.494 e. The van der Waals surface area contributed by atoms with E-state index >= 15 is 0 Å². The first-order valence-corrected chi connectivity index (χ1v) is 18.9. The van der Waals surface area contributed by atoms with E-state index in [1.807, 2.05) is 30.7 Å². The van der Waals surface area contributed by atoms with E-state index in [4.69, 9.17) is 18.9 Å². The molecule has 4 amide bonds. The summed E-state index contributed by atoms with van der Waals surface area (Å²) in [5, 5.41) is 7.81. The second-order valence-corrected chi connectivity index (χ2v) is 13.6. The third-order valence-corrected chi connectivity index (χ3v) is 9.73. The van der Waals surface area contributed by atoms with Crippen LogP contribution in [-0.4, -0.2) is 90.5 Å². The number of carbonyl (C=O) groups excluding carboxylic acids is 4. The highest BCUT2D eigenvalue weighted by Crippen LogP contribution is 2.30. The van der Waals surface area contributed by atoms with Gasteiger partial charge in [-0.05, 0) is 92.1 Å². The average molecular weight is 762 g/mol. The number of hydrogen-bond donors (Lipinski definition) is 2. The average Bonchev–Trinajstić information content (AvgIpc) is 3.49. The number of imide groups is 2. The fourth-order valence-corrected chi connectivity index (χ4v) is 6.66. The minimum atomic E-state index is -1.01. The molecule has 13 heteroatoms. The van der Waals surface area contributed by atoms with Crippen LogP contribution in [0.15, 0.2) is 73.2 Å². The molecule has 2 N–H and O–H groups in total. The molecule has 56 heavy (non-hydrogen) atoms. The minimum Gasteiger partial charge on any atom is -0.494 e. The summed E-state index contributed by atoms with van der Waals surface area (Å²) in [5.74, 6) is 4.95. The van der Waals surface area contributed by atoms with Crippen LogP contribution in [0.2, 0.25) is 0 Å². The maximum Gasteiger partial charge on any atom is 0.261 e. The maximum absolute atomic E-state index is 13.0. The van der Waals surface area contributed by atoms with Crippen molar-refractivity contribution in [2.75, 3.05) is 39.6 Å². The Kier molecular flexibility index (Phi) is 14.0. The molecule has 0 aliphatic carbocycles. The van der Waals surface area contributed by atoms with Gasteiger partial charge in [0, 0.05) is 73.7 Å². The standard InChI is InChI=1S/C43H47N5O8/c1-30-25-33(11-13-34(30)43(52)48(29-49)38-14-15-40(50)46-42(38)51)55-23-7-5-21-53-19-3-4-20-54-22-6-8-24-56-41-16-10-32(27-45-41)31-9-12-35-36-28-44-18-17-37(36)47(2)39(35)26-31/h9-13,16-18,25-29,38,41,45H,3-5,7,14-15,19-24H2,1-2H3,(H,46,50,51). The van der Waals surface area contributed by atoms with Crippen LogP contribution in [-0.2, 0) is 35.6 Å². The van der Waals surface area contributed by atoms with Crippen LogP contribution in [0, 0.1) is 18.8 Å². The summed E-state index contributed by atoms with van der Waals surface area (Å²) in [6.07, 6.45) is 13.5. The second-order valence-electron chi connectivity index (χ2n) is 13.6. The Morgan fingerprint density at radius 2 is 1.75 bits per heavy atom. The van der Waals surface area contributed by atoms with Gasteiger partial charge >= 0.3 is 0 Å². The number of allylic oxidation sites excluding steroid dienone is 2. The maximum atomic E-state index is 13.0. The number of hydrogen-bond acceptors (Lipinski definition) is 10. The molecule has 0 saturated carbocycles. The van der Waals surface area contributed by atoms with Gasteiger partial charge < -0.3 is 28.8 Å². The van der Waals surface area contributed by atoms with Gasteiger partial charge in [-0.15, -0.1) is 0 Å². The van der Waals surface area contributed by atoms with Gasteiger partial charge in [0.2, 0.25) is 18.2 Å². The van der Waals surface area contributed by atoms with Crippen LogP contribution < -0.4 is 15.4 Å². The quantitative estimate of drug-likeness (QED) is 0.0617. The van der Waals surface area contributed by atoms with Crippen molar-refractivity contribution in [3.8, 4) is 17.6 Å². The number of fused-ring (bicyclic) bond motifs is 3. The second kappa shape index (κ2) is 19.7. The topological polar surface area (TPSA) is 150 Å². The number of nitrogens with one attached hydrogen (secondary N) is 2. The van der Waals surface area contributed by atoms with Gasteiger partial charge in [-0.3, -0.25) is 34.4 Å². The molecule has 2 unspecified atom stereocenters. The summed E-state index contributed by atoms with van der Waals surface area (Å²) >= 11 is 0. The normalized spacial score (nSPS) is 16.5. The molecule has 0 spiro atoms. The number of rotatable bonds is 18. The number of amides is 4. The number of nitrogens with zero attached hydrogens (tertiary/aromatic N) is 3. The van der Waals surface area contributed by atoms with Gasteiger partial charge in [0.1, 0.15) is 31.2 Å². The van der Waals surface area contributed by atoms with Gasteiger partial charge in [-0.2, -0.15) is 0 Å². The number of benzene rings is 2. The van der Waals surface area contributed by atoms with E-state index in [1.54, 1.807) is 25.1 Å². The lowest BCUT2D eigenvalue weighted by atomic mass is 10.0. The Morgan fingerprint density at radius 3 is 2.50 bits per heavy atom. The Morgan fingerprint density at radius 1 is 0.964 bits per heavy atom. The summed E-state index contributed by atoms with van der Waals surface area (Å²) in [4.78, 5) is 53.5. The molecule has 0 bridgehead atoms. The summed E-state index contributed by atoms with van der Waals surface area (Å²) in [6, 6.07) is 12.5. The molecular weight excluding hydrogens is 715 g/mol. The van der Waals surface area contributed by atoms with Crippen molar-refractivity contribution in [2.24, 2.45) is 7.05 Å². The molecule has 1 saturated heterocycles. The number of unbranched alkanes of at least 4 members (excludes halogenated alkanes) is 2. The van der Waals surface area contributed by atoms with Crippen LogP contribution in [0.5, 0.6) is 5.75 Å². The van der Waals surface area contributed by atoms with Crippen molar-refractivity contribution in [1.29, 1.82) is 0 Å². The lowest BCUT2D eigenvalue weighted by Crippen LogP contribution is -2.53. The van der Waals surface area contributed by atoms with E-state index in [0.717, 1.165) is 58.1 Å². The molecule has 2 aromatic carbocycles. The lowest BCUT2D eigenvalue weighted by molar-refractivity contribution is -0.139. The highest BCUT2D eigenvalue weighted by molar-refractivity contribution is 6.09. The van der Waals surface area contributed by atoms with E-state index in [9.17, 15) is 19.2 Å². The Hall–Kier alpha value is -5.81. The number of aryl methyl sites for hydroxylation is 2. The fourth-order valence-electron chi connectivity index (χ4n) is 6.66. The van der Waals surface area contributed by atoms with E-state index in [0.29, 0.717) is 57.4 Å². The molecule has 4 heterocycles. The van der Waals surface area contributed by atoms with E-state index < -0.39 is 23.8 Å². The van der Waals surface area contributed by atoms with Gasteiger partial charge in [-0.1, -0.05) is 30.0 Å². The molecule has 2 aromatic heterocycles. The molecule has 292 valence electrons. The molecule has 2 atom stereocenters. The zero-order valence-corrected chi connectivity index (χ0v) is 31.8. The molecule has 6 rings (SSSR count). The van der Waals surface area contributed by atoms with Gasteiger partial charge in [0.25, 0.3) is 5.91 Å². The summed E-state index contributed by atoms with van der Waals surface area (Å²) in [5.41, 5.74) is 5.43. The SMILES string of the molecule is Cc1cc(OCCCCOCCCCOCC#CCOC2C=CC(c3ccc4c5cnccc5n(C)c4c3)=CN2)ccc1C(=O)N(C=O)C1CCC(=O)NC1=O. The number of ether oxygens (including phenoxy) is 4. The molecule has 2 aliphatic rings. The van der Waals surface area contributed by atoms with E-state index in [-0.39, 0.29) is 24.6 Å². The Labute approximate surface area is 326 Å². The van der Waals surface area contributed by atoms with Crippen LogP contribution in [0.25, 0.3) is 27.4 Å². The zero-order valence-electron chi connectivity index (χ0n) is 31.8. The lowest BCUT2D eigenvalue weighted by Gasteiger charge is -2.28. The van der Waals surface area contributed by atoms with Gasteiger partial charge in [0.15, 0.2) is 0 Å². The van der Waals surface area contributed by atoms with Gasteiger partial charge in [0.05, 0.1) is 12.1 Å². The van der Waals surface area contributed by atoms with Crippen LogP contribution in [0.4, 0.5) is 0 Å². The van der Waals surface area contributed by atoms with E-state index in [1.165, 1.54) is 5.39 Å². The first-order valence-electron chi connectivity index (χ1n) is 18.9. The summed E-state index contributed by atoms with van der Waals surface area (Å²) in [7, 11) is 2.08. The summed E-state index contributed by atoms with van der Waals surface area (Å²) < 4.78 is 25.2. The zero-order chi connectivity index (χ0) is 39.3. The Balaban J connectivity index is 0.768. The highest BCUT2D eigenvalue weighted by Gasteiger charge is 2.35. The number of pyridine rings is 1. The highest BCUT2D eigenvalue weighted by atomic mass is 16.5. The molecule has 13 nitrogen and oxygen atoms in total. The van der Waals surface area contributed by atoms with Crippen molar-refractivity contribution in [3.05, 3.63) is 89.9 Å². The first kappa shape index (κ1) is 39.9. The monoisotopic (exact) mass is 761 g/mol. The molecular formula is C43H47N5O8. The van der Waals surface area contributed by atoms with Crippen LogP contribution in [0.3, 0.4) is 0 Å². The Bertz CT molecular complexity index is 2180. The molecule has 2 aliphatic heterocycles. The number of dihydropyridines is 1. The molecule has 1 fully saturated rings. The first-order chi connectivity index (χ1) is 27.3. The predicted octanol–water partition coefficient (Wildman–Crippen LogP) is 4.96. The molecule has 0 radical (unpaired) electrons. The number of aromatic nitrogens is 2. The van der Waals surface area contributed by atoms with Crippen molar-refractivity contribution in [1.82, 2.24) is 25.1 Å². The van der Waals surface area contributed by atoms with Crippen LogP contribution in [0.1, 0.15) is 60.0 Å². The van der Waals surface area contributed by atoms with Gasteiger partial charge in [-0.25, -0.2) is 0 Å². The van der Waals surface area contributed by atoms with Crippen LogP contribution >= 0.6 is 0 Å². The number of carbonyl (C=O) groups is 4. The van der Waals surface area contributed by atoms with Crippen molar-refractivity contribution in [3.63, 3.8) is 0 Å². The van der Waals surface area contributed by atoms with Crippen molar-refractivity contribution in [2.45, 2.75) is 57.7 Å². The third-order valence-electron chi connectivity index (χ3n) is 9.73. The fraction of sp³-hybridized carbons (Fsp3) is 0.372. The number of piperidine rings is 1. The summed E-state index contributed by atoms with van der Waals surface area (Å²) in [6.45, 7) is 4.78. The predicted molar refractivity (Wildman–Crippen MR) is 211 cm³/mol. The third kappa shape index (κ3) is 10.1. The minimum absolute atomic E-state index is 0.0671. The van der Waals surface area contributed by atoms with Crippen molar-refractivity contribution < 1.29 is 38.1 Å². The molecule has 4 aromatic rings.